The molecule has 0 bridgehead atoms. The average Bonchev–Trinajstić information content (AvgIpc) is 2.20. The van der Waals surface area contributed by atoms with Gasteiger partial charge in [0.15, 0.2) is 0 Å². The van der Waals surface area contributed by atoms with E-state index in [1.54, 1.807) is 6.07 Å². The largest absolute Gasteiger partial charge is 0.333 e. The number of urea groups is 1. The number of hydrogen-bond donors (Lipinski definition) is 4. The van der Waals surface area contributed by atoms with Crippen LogP contribution in [0.5, 0.6) is 0 Å². The molecule has 0 aromatic heterocycles. The molecule has 0 saturated heterocycles. The van der Waals surface area contributed by atoms with Crippen molar-refractivity contribution >= 4 is 49.5 Å². The average molecular weight is 392 g/mol. The Morgan fingerprint density at radius 2 is 1.84 bits per heavy atom. The predicted molar refractivity (Wildman–Crippen MR) is 84.6 cm³/mol. The van der Waals surface area contributed by atoms with E-state index in [1.165, 1.54) is 0 Å². The minimum absolute atomic E-state index is 0.0871. The maximum atomic E-state index is 11.6. The van der Waals surface area contributed by atoms with E-state index in [1.807, 2.05) is 32.9 Å². The van der Waals surface area contributed by atoms with Gasteiger partial charge in [-0.3, -0.25) is 10.7 Å². The summed E-state index contributed by atoms with van der Waals surface area (Å²) in [5, 5.41) is 15.6. The second kappa shape index (κ2) is 6.38. The van der Waals surface area contributed by atoms with Crippen molar-refractivity contribution in [1.82, 2.24) is 10.6 Å². The number of hydrogen-bond acceptors (Lipinski definition) is 2. The van der Waals surface area contributed by atoms with Gasteiger partial charge in [-0.05, 0) is 70.8 Å². The Hall–Kier alpha value is -1.08. The molecule has 7 heteroatoms. The quantitative estimate of drug-likeness (QED) is 0.435. The molecule has 4 N–H and O–H groups in total. The molecule has 0 atom stereocenters. The summed E-state index contributed by atoms with van der Waals surface area (Å²) in [6.07, 6.45) is 0. The van der Waals surface area contributed by atoms with Crippen LogP contribution in [0.4, 0.5) is 10.5 Å². The fourth-order valence-electron chi connectivity index (χ4n) is 1.23. The van der Waals surface area contributed by atoms with Gasteiger partial charge in [-0.2, -0.15) is 0 Å². The molecule has 104 valence electrons. The van der Waals surface area contributed by atoms with E-state index in [4.69, 9.17) is 5.41 Å². The van der Waals surface area contributed by atoms with Gasteiger partial charge in [0.05, 0.1) is 0 Å². The molecule has 1 aromatic rings. The lowest BCUT2D eigenvalue weighted by Crippen LogP contribution is -2.49. The number of guanidine groups is 1. The number of carbonyl (C=O) groups excluding carboxylic acids is 1. The zero-order valence-corrected chi connectivity index (χ0v) is 14.1. The van der Waals surface area contributed by atoms with Gasteiger partial charge in [-0.15, -0.1) is 0 Å². The van der Waals surface area contributed by atoms with Gasteiger partial charge >= 0.3 is 6.03 Å². The molecule has 0 unspecified atom stereocenters. The van der Waals surface area contributed by atoms with Crippen molar-refractivity contribution in [3.8, 4) is 0 Å². The van der Waals surface area contributed by atoms with Gasteiger partial charge in [0.1, 0.15) is 0 Å². The summed E-state index contributed by atoms with van der Waals surface area (Å²) in [4.78, 5) is 11.6. The highest BCUT2D eigenvalue weighted by Crippen LogP contribution is 2.25. The normalized spacial score (nSPS) is 10.8. The van der Waals surface area contributed by atoms with Crippen LogP contribution in [0.1, 0.15) is 20.8 Å². The molecule has 1 rings (SSSR count). The van der Waals surface area contributed by atoms with E-state index in [-0.39, 0.29) is 11.5 Å². The van der Waals surface area contributed by atoms with Crippen molar-refractivity contribution < 1.29 is 4.79 Å². The van der Waals surface area contributed by atoms with Gasteiger partial charge in [0.25, 0.3) is 0 Å². The first-order valence-electron chi connectivity index (χ1n) is 5.57. The molecular weight excluding hydrogens is 376 g/mol. The fraction of sp³-hybridized carbons (Fsp3) is 0.333. The number of carbonyl (C=O) groups is 1. The van der Waals surface area contributed by atoms with Gasteiger partial charge < -0.3 is 10.6 Å². The minimum atomic E-state index is -0.416. The van der Waals surface area contributed by atoms with E-state index in [0.717, 1.165) is 8.95 Å². The lowest BCUT2D eigenvalue weighted by molar-refractivity contribution is 0.236. The first kappa shape index (κ1) is 16.0. The number of benzene rings is 1. The Kier molecular flexibility index (Phi) is 5.37. The number of rotatable bonds is 1. The third-order valence-corrected chi connectivity index (χ3v) is 3.80. The van der Waals surface area contributed by atoms with Crippen LogP contribution >= 0.6 is 31.9 Å². The molecular formula is C12H16Br2N4O. The first-order chi connectivity index (χ1) is 8.67. The molecule has 19 heavy (non-hydrogen) atoms. The van der Waals surface area contributed by atoms with Crippen LogP contribution in [0, 0.1) is 5.41 Å². The second-order valence-corrected chi connectivity index (χ2v) is 6.67. The summed E-state index contributed by atoms with van der Waals surface area (Å²) in [6, 6.07) is 5.03. The van der Waals surface area contributed by atoms with E-state index >= 15 is 0 Å². The maximum absolute atomic E-state index is 11.6. The number of amides is 2. The molecule has 0 heterocycles. The smallest absolute Gasteiger partial charge is 0.321 e. The molecule has 5 nitrogen and oxygen atoms in total. The number of anilines is 1. The highest BCUT2D eigenvalue weighted by molar-refractivity contribution is 9.13. The molecule has 0 fully saturated rings. The zero-order valence-electron chi connectivity index (χ0n) is 10.9. The SMILES string of the molecule is CC(C)(C)NC(=O)NC(=N)Nc1ccc(Br)c(Br)c1. The van der Waals surface area contributed by atoms with Crippen molar-refractivity contribution in [2.24, 2.45) is 0 Å². The third kappa shape index (κ3) is 6.07. The molecule has 0 radical (unpaired) electrons. The topological polar surface area (TPSA) is 77.0 Å². The monoisotopic (exact) mass is 390 g/mol. The highest BCUT2D eigenvalue weighted by atomic mass is 79.9. The Labute approximate surface area is 129 Å². The molecule has 0 spiro atoms. The maximum Gasteiger partial charge on any atom is 0.321 e. The van der Waals surface area contributed by atoms with Gasteiger partial charge in [-0.25, -0.2) is 4.79 Å². The van der Waals surface area contributed by atoms with Crippen molar-refractivity contribution in [3.63, 3.8) is 0 Å². The summed E-state index contributed by atoms with van der Waals surface area (Å²) >= 11 is 6.73. The van der Waals surface area contributed by atoms with Crippen LogP contribution in [0.15, 0.2) is 27.1 Å². The summed E-state index contributed by atoms with van der Waals surface area (Å²) in [7, 11) is 0. The standard InChI is InChI=1S/C12H16Br2N4O/c1-12(2,3)18-11(19)17-10(15)16-7-4-5-8(13)9(14)6-7/h4-6H,1-3H3,(H4,15,16,17,18,19). The van der Waals surface area contributed by atoms with Gasteiger partial charge in [-0.1, -0.05) is 0 Å². The van der Waals surface area contributed by atoms with Crippen LogP contribution < -0.4 is 16.0 Å². The summed E-state index contributed by atoms with van der Waals surface area (Å²) in [5.41, 5.74) is 0.362. The minimum Gasteiger partial charge on any atom is -0.333 e. The van der Waals surface area contributed by atoms with Crippen molar-refractivity contribution in [3.05, 3.63) is 27.1 Å². The summed E-state index contributed by atoms with van der Waals surface area (Å²) in [6.45, 7) is 5.61. The predicted octanol–water partition coefficient (Wildman–Crippen LogP) is 3.66. The molecule has 2 amide bonds. The lowest BCUT2D eigenvalue weighted by Gasteiger charge is -2.21. The van der Waals surface area contributed by atoms with Crippen LogP contribution in [-0.4, -0.2) is 17.5 Å². The lowest BCUT2D eigenvalue weighted by atomic mass is 10.1. The Balaban J connectivity index is 2.56. The molecule has 0 saturated carbocycles. The molecule has 0 aliphatic carbocycles. The summed E-state index contributed by atoms with van der Waals surface area (Å²) < 4.78 is 1.78. The zero-order chi connectivity index (χ0) is 14.6. The Morgan fingerprint density at radius 3 is 2.37 bits per heavy atom. The molecule has 1 aromatic carbocycles. The van der Waals surface area contributed by atoms with Crippen LogP contribution in [0.25, 0.3) is 0 Å². The second-order valence-electron chi connectivity index (χ2n) is 4.96. The van der Waals surface area contributed by atoms with Crippen LogP contribution in [-0.2, 0) is 0 Å². The Bertz CT molecular complexity index is 497. The van der Waals surface area contributed by atoms with Crippen molar-refractivity contribution in [2.45, 2.75) is 26.3 Å². The molecule has 0 aliphatic heterocycles. The van der Waals surface area contributed by atoms with E-state index in [2.05, 4.69) is 47.8 Å². The van der Waals surface area contributed by atoms with Crippen LogP contribution in [0.3, 0.4) is 0 Å². The Morgan fingerprint density at radius 1 is 1.21 bits per heavy atom. The van der Waals surface area contributed by atoms with E-state index in [9.17, 15) is 4.79 Å². The van der Waals surface area contributed by atoms with Crippen LogP contribution in [0.2, 0.25) is 0 Å². The first-order valence-corrected chi connectivity index (χ1v) is 7.16. The van der Waals surface area contributed by atoms with Gasteiger partial charge in [0, 0.05) is 20.2 Å². The van der Waals surface area contributed by atoms with Crippen molar-refractivity contribution in [1.29, 1.82) is 5.41 Å². The number of nitrogens with one attached hydrogen (secondary N) is 4. The van der Waals surface area contributed by atoms with E-state index < -0.39 is 6.03 Å². The van der Waals surface area contributed by atoms with E-state index in [0.29, 0.717) is 5.69 Å². The molecule has 0 aliphatic rings. The van der Waals surface area contributed by atoms with Crippen molar-refractivity contribution in [2.75, 3.05) is 5.32 Å². The third-order valence-electron chi connectivity index (χ3n) is 1.92. The number of halogens is 2. The summed E-state index contributed by atoms with van der Waals surface area (Å²) in [5.74, 6) is -0.0871. The fourth-order valence-corrected chi connectivity index (χ4v) is 1.86. The highest BCUT2D eigenvalue weighted by Gasteiger charge is 2.14. The van der Waals surface area contributed by atoms with Gasteiger partial charge in [0.2, 0.25) is 5.96 Å².